The van der Waals surface area contributed by atoms with Gasteiger partial charge in [0.25, 0.3) is 0 Å². The van der Waals surface area contributed by atoms with E-state index >= 15 is 0 Å². The average Bonchev–Trinajstić information content (AvgIpc) is 2.69. The number of hydrogen-bond donors (Lipinski definition) is 2. The standard InChI is InChI=1S/C23H21Br2NO5S/c1-12(2)17-11-15(7-8-20(17)27)31-22-18(24)9-14(10-19(22)25)21(28)16-6-4-5-13(3)23(16)32(26,29)30/h4-12,27H,1-3H3,(H2,26,29,30). The molecule has 168 valence electrons. The summed E-state index contributed by atoms with van der Waals surface area (Å²) in [7, 11) is -4.09. The molecule has 0 spiro atoms. The van der Waals surface area contributed by atoms with Gasteiger partial charge in [-0.3, -0.25) is 4.79 Å². The van der Waals surface area contributed by atoms with Crippen molar-refractivity contribution >= 4 is 47.7 Å². The molecule has 0 bridgehead atoms. The summed E-state index contributed by atoms with van der Waals surface area (Å²) in [4.78, 5) is 13.0. The number of rotatable bonds is 6. The predicted octanol–water partition coefficient (Wildman–Crippen LogP) is 6.02. The van der Waals surface area contributed by atoms with E-state index < -0.39 is 15.8 Å². The third-order valence-electron chi connectivity index (χ3n) is 4.84. The monoisotopic (exact) mass is 581 g/mol. The zero-order valence-electron chi connectivity index (χ0n) is 17.5. The van der Waals surface area contributed by atoms with Crippen molar-refractivity contribution in [2.45, 2.75) is 31.6 Å². The number of ketones is 1. The number of phenols is 1. The highest BCUT2D eigenvalue weighted by Gasteiger charge is 2.24. The summed E-state index contributed by atoms with van der Waals surface area (Å²) in [6.45, 7) is 5.51. The Morgan fingerprint density at radius 3 is 2.25 bits per heavy atom. The van der Waals surface area contributed by atoms with E-state index in [9.17, 15) is 18.3 Å². The summed E-state index contributed by atoms with van der Waals surface area (Å²) in [5.74, 6) is 0.750. The molecule has 32 heavy (non-hydrogen) atoms. The van der Waals surface area contributed by atoms with Crippen LogP contribution in [0.25, 0.3) is 0 Å². The lowest BCUT2D eigenvalue weighted by Crippen LogP contribution is -2.18. The molecule has 6 nitrogen and oxygen atoms in total. The van der Waals surface area contributed by atoms with E-state index in [-0.39, 0.29) is 27.7 Å². The summed E-state index contributed by atoms with van der Waals surface area (Å²) < 4.78 is 31.1. The molecule has 0 heterocycles. The van der Waals surface area contributed by atoms with Crippen LogP contribution >= 0.6 is 31.9 Å². The zero-order valence-corrected chi connectivity index (χ0v) is 21.5. The summed E-state index contributed by atoms with van der Waals surface area (Å²) in [6, 6.07) is 12.7. The number of primary sulfonamides is 1. The lowest BCUT2D eigenvalue weighted by Gasteiger charge is -2.15. The van der Waals surface area contributed by atoms with Gasteiger partial charge >= 0.3 is 0 Å². The lowest BCUT2D eigenvalue weighted by atomic mass is 10.0. The van der Waals surface area contributed by atoms with Crippen LogP contribution in [0.5, 0.6) is 17.2 Å². The predicted molar refractivity (Wildman–Crippen MR) is 130 cm³/mol. The Morgan fingerprint density at radius 1 is 1.06 bits per heavy atom. The molecule has 3 N–H and O–H groups in total. The number of aryl methyl sites for hydroxylation is 1. The van der Waals surface area contributed by atoms with Gasteiger partial charge in [-0.25, -0.2) is 13.6 Å². The Hall–Kier alpha value is -2.20. The Labute approximate surface area is 203 Å². The van der Waals surface area contributed by atoms with Gasteiger partial charge in [0.1, 0.15) is 11.5 Å². The van der Waals surface area contributed by atoms with Crippen LogP contribution in [-0.2, 0) is 10.0 Å². The third kappa shape index (κ3) is 5.06. The molecule has 3 rings (SSSR count). The molecular formula is C23H21Br2NO5S. The van der Waals surface area contributed by atoms with Gasteiger partial charge in [-0.15, -0.1) is 0 Å². The fraction of sp³-hybridized carbons (Fsp3) is 0.174. The van der Waals surface area contributed by atoms with Crippen LogP contribution in [0.3, 0.4) is 0 Å². The van der Waals surface area contributed by atoms with Crippen LogP contribution in [0.2, 0.25) is 0 Å². The Kier molecular flexibility index (Phi) is 7.14. The highest BCUT2D eigenvalue weighted by Crippen LogP contribution is 2.40. The highest BCUT2D eigenvalue weighted by atomic mass is 79.9. The summed E-state index contributed by atoms with van der Waals surface area (Å²) >= 11 is 6.86. The first-order chi connectivity index (χ1) is 14.9. The van der Waals surface area contributed by atoms with Gasteiger partial charge in [0.2, 0.25) is 10.0 Å². The van der Waals surface area contributed by atoms with E-state index in [2.05, 4.69) is 31.9 Å². The molecule has 9 heteroatoms. The van der Waals surface area contributed by atoms with Crippen LogP contribution in [0.4, 0.5) is 0 Å². The molecule has 0 amide bonds. The lowest BCUT2D eigenvalue weighted by molar-refractivity contribution is 0.103. The minimum absolute atomic E-state index is 0.0000724. The van der Waals surface area contributed by atoms with E-state index in [0.29, 0.717) is 26.0 Å². The van der Waals surface area contributed by atoms with Crippen LogP contribution in [0, 0.1) is 6.92 Å². The van der Waals surface area contributed by atoms with E-state index in [1.165, 1.54) is 6.07 Å². The largest absolute Gasteiger partial charge is 0.508 e. The molecule has 0 atom stereocenters. The van der Waals surface area contributed by atoms with Crippen molar-refractivity contribution in [3.63, 3.8) is 0 Å². The van der Waals surface area contributed by atoms with Crippen LogP contribution in [0.15, 0.2) is 62.4 Å². The number of halogens is 2. The van der Waals surface area contributed by atoms with Gasteiger partial charge in [0, 0.05) is 16.7 Å². The van der Waals surface area contributed by atoms with E-state index in [1.807, 2.05) is 13.8 Å². The van der Waals surface area contributed by atoms with Crippen LogP contribution in [-0.4, -0.2) is 19.3 Å². The summed E-state index contributed by atoms with van der Waals surface area (Å²) in [5, 5.41) is 15.4. The fourth-order valence-corrected chi connectivity index (χ4v) is 5.66. The smallest absolute Gasteiger partial charge is 0.239 e. The van der Waals surface area contributed by atoms with Gasteiger partial charge in [-0.1, -0.05) is 26.0 Å². The Balaban J connectivity index is 2.02. The third-order valence-corrected chi connectivity index (χ3v) is 7.13. The molecule has 0 aliphatic heterocycles. The molecule has 0 saturated carbocycles. The zero-order chi connectivity index (χ0) is 23.8. The second-order valence-electron chi connectivity index (χ2n) is 7.57. The van der Waals surface area contributed by atoms with Gasteiger partial charge in [0.05, 0.1) is 13.8 Å². The number of carbonyl (C=O) groups is 1. The Morgan fingerprint density at radius 2 is 1.69 bits per heavy atom. The number of phenolic OH excluding ortho intramolecular Hbond substituents is 1. The van der Waals surface area contributed by atoms with Crippen molar-refractivity contribution in [2.24, 2.45) is 5.14 Å². The number of sulfonamides is 1. The fourth-order valence-electron chi connectivity index (χ4n) is 3.33. The molecule has 0 aromatic heterocycles. The number of carbonyl (C=O) groups excluding carboxylic acids is 1. The first-order valence-electron chi connectivity index (χ1n) is 9.57. The number of benzene rings is 3. The quantitative estimate of drug-likeness (QED) is 0.346. The highest BCUT2D eigenvalue weighted by molar-refractivity contribution is 9.11. The normalized spacial score (nSPS) is 11.6. The van der Waals surface area contributed by atoms with Crippen LogP contribution < -0.4 is 9.88 Å². The molecule has 0 unspecified atom stereocenters. The SMILES string of the molecule is Cc1cccc(C(=O)c2cc(Br)c(Oc3ccc(O)c(C(C)C)c3)c(Br)c2)c1S(N)(=O)=O. The van der Waals surface area contributed by atoms with Gasteiger partial charge in [0.15, 0.2) is 11.5 Å². The van der Waals surface area contributed by atoms with Gasteiger partial charge in [-0.2, -0.15) is 0 Å². The van der Waals surface area contributed by atoms with E-state index in [0.717, 1.165) is 5.56 Å². The molecule has 0 aliphatic carbocycles. The van der Waals surface area contributed by atoms with Crippen molar-refractivity contribution in [3.05, 3.63) is 79.7 Å². The van der Waals surface area contributed by atoms with Crippen molar-refractivity contribution in [1.29, 1.82) is 0 Å². The molecule has 0 radical (unpaired) electrons. The summed E-state index contributed by atoms with van der Waals surface area (Å²) in [6.07, 6.45) is 0. The van der Waals surface area contributed by atoms with Crippen molar-refractivity contribution < 1.29 is 23.1 Å². The van der Waals surface area contributed by atoms with Crippen molar-refractivity contribution in [1.82, 2.24) is 0 Å². The minimum atomic E-state index is -4.09. The van der Waals surface area contributed by atoms with Crippen LogP contribution in [0.1, 0.15) is 46.8 Å². The number of aromatic hydroxyl groups is 1. The minimum Gasteiger partial charge on any atom is -0.508 e. The topological polar surface area (TPSA) is 107 Å². The maximum atomic E-state index is 13.2. The van der Waals surface area contributed by atoms with Crippen molar-refractivity contribution in [3.8, 4) is 17.2 Å². The maximum Gasteiger partial charge on any atom is 0.239 e. The van der Waals surface area contributed by atoms with Crippen molar-refractivity contribution in [2.75, 3.05) is 0 Å². The first-order valence-corrected chi connectivity index (χ1v) is 12.7. The molecular weight excluding hydrogens is 562 g/mol. The van der Waals surface area contributed by atoms with Gasteiger partial charge in [-0.05, 0) is 86.7 Å². The molecule has 0 saturated heterocycles. The molecule has 3 aromatic carbocycles. The van der Waals surface area contributed by atoms with E-state index in [4.69, 9.17) is 9.88 Å². The number of nitrogens with two attached hydrogens (primary N) is 1. The number of ether oxygens (including phenoxy) is 1. The molecule has 0 fully saturated rings. The van der Waals surface area contributed by atoms with E-state index in [1.54, 1.807) is 49.4 Å². The van der Waals surface area contributed by atoms with Gasteiger partial charge < -0.3 is 9.84 Å². The Bertz CT molecular complexity index is 1300. The molecule has 3 aromatic rings. The second-order valence-corrected chi connectivity index (χ2v) is 10.8. The average molecular weight is 583 g/mol. The number of hydrogen-bond acceptors (Lipinski definition) is 5. The summed E-state index contributed by atoms with van der Waals surface area (Å²) in [5.41, 5.74) is 1.39. The maximum absolute atomic E-state index is 13.2. The first kappa shape index (κ1) is 24.4. The second kappa shape index (κ2) is 9.35. The molecule has 0 aliphatic rings.